The van der Waals surface area contributed by atoms with Crippen molar-refractivity contribution in [3.63, 3.8) is 0 Å². The molecule has 2 aromatic heterocycles. The van der Waals surface area contributed by atoms with Crippen molar-refractivity contribution in [2.45, 2.75) is 38.9 Å². The Balaban J connectivity index is 0.000000148. The Kier molecular flexibility index (Phi) is 7.17. The number of fused-ring (bicyclic) bond motifs is 2. The van der Waals surface area contributed by atoms with Crippen LogP contribution in [-0.4, -0.2) is 15.8 Å². The molecule has 36 heavy (non-hydrogen) atoms. The van der Waals surface area contributed by atoms with Gasteiger partial charge in [0.05, 0.1) is 0 Å². The number of ether oxygens (including phenoxy) is 2. The average molecular weight is 477 g/mol. The van der Waals surface area contributed by atoms with Crippen molar-refractivity contribution in [3.8, 4) is 11.8 Å². The smallest absolute Gasteiger partial charge is 0.214 e. The molecule has 4 aromatic rings. The Hall–Kier alpha value is -4.25. The lowest BCUT2D eigenvalue weighted by Crippen LogP contribution is -1.99. The molecule has 0 atom stereocenters. The SMILES string of the molecule is C=C1CCc2cnc(OCc3ccccc3)cc21.O=C1CCc2cnc(OCc3ccccc3)cc21. The Morgan fingerprint density at radius 2 is 1.17 bits per heavy atom. The topological polar surface area (TPSA) is 61.3 Å². The van der Waals surface area contributed by atoms with E-state index in [2.05, 4.69) is 16.5 Å². The van der Waals surface area contributed by atoms with E-state index in [-0.39, 0.29) is 5.78 Å². The van der Waals surface area contributed by atoms with Crippen molar-refractivity contribution in [2.75, 3.05) is 0 Å². The van der Waals surface area contributed by atoms with E-state index in [0.717, 1.165) is 41.5 Å². The number of aryl methyl sites for hydroxylation is 2. The summed E-state index contributed by atoms with van der Waals surface area (Å²) < 4.78 is 11.3. The Morgan fingerprint density at radius 3 is 1.75 bits per heavy atom. The van der Waals surface area contributed by atoms with Crippen LogP contribution in [0.2, 0.25) is 0 Å². The number of allylic oxidation sites excluding steroid dienone is 1. The van der Waals surface area contributed by atoms with Gasteiger partial charge in [0.25, 0.3) is 0 Å². The van der Waals surface area contributed by atoms with Gasteiger partial charge in [0.2, 0.25) is 11.8 Å². The van der Waals surface area contributed by atoms with Crippen LogP contribution in [0.15, 0.2) is 91.8 Å². The minimum absolute atomic E-state index is 0.192. The molecule has 0 fully saturated rings. The summed E-state index contributed by atoms with van der Waals surface area (Å²) in [5, 5.41) is 0. The minimum atomic E-state index is 0.192. The van der Waals surface area contributed by atoms with E-state index in [0.29, 0.717) is 31.4 Å². The summed E-state index contributed by atoms with van der Waals surface area (Å²) in [5.74, 6) is 1.39. The van der Waals surface area contributed by atoms with Crippen LogP contribution in [0.5, 0.6) is 11.8 Å². The van der Waals surface area contributed by atoms with Gasteiger partial charge in [-0.2, -0.15) is 0 Å². The van der Waals surface area contributed by atoms with Gasteiger partial charge in [0, 0.05) is 36.5 Å². The first kappa shape index (κ1) is 23.5. The number of aromatic nitrogens is 2. The van der Waals surface area contributed by atoms with Gasteiger partial charge in [0.15, 0.2) is 5.78 Å². The number of Topliss-reactive ketones (excluding diaryl/α,β-unsaturated/α-hetero) is 1. The summed E-state index contributed by atoms with van der Waals surface area (Å²) >= 11 is 0. The van der Waals surface area contributed by atoms with E-state index < -0.39 is 0 Å². The fraction of sp³-hybridized carbons (Fsp3) is 0.194. The predicted molar refractivity (Wildman–Crippen MR) is 140 cm³/mol. The molecule has 0 radical (unpaired) electrons. The molecule has 2 aliphatic rings. The molecule has 0 bridgehead atoms. The maximum atomic E-state index is 11.6. The Labute approximate surface area is 211 Å². The Bertz CT molecular complexity index is 1260. The number of hydrogen-bond donors (Lipinski definition) is 0. The molecule has 2 aliphatic carbocycles. The van der Waals surface area contributed by atoms with Crippen molar-refractivity contribution in [3.05, 3.63) is 125 Å². The van der Waals surface area contributed by atoms with Crippen LogP contribution in [-0.2, 0) is 26.1 Å². The minimum Gasteiger partial charge on any atom is -0.473 e. The molecule has 0 saturated carbocycles. The van der Waals surface area contributed by atoms with Crippen LogP contribution in [0.1, 0.15) is 51.0 Å². The number of benzene rings is 2. The van der Waals surface area contributed by atoms with E-state index in [1.807, 2.05) is 72.9 Å². The third-order valence-corrected chi connectivity index (χ3v) is 6.38. The number of carbonyl (C=O) groups is 1. The first-order chi connectivity index (χ1) is 17.7. The molecular weight excluding hydrogens is 448 g/mol. The van der Waals surface area contributed by atoms with Crippen molar-refractivity contribution in [1.82, 2.24) is 9.97 Å². The Morgan fingerprint density at radius 1 is 0.667 bits per heavy atom. The van der Waals surface area contributed by atoms with Crippen molar-refractivity contribution in [1.29, 1.82) is 0 Å². The molecule has 0 aliphatic heterocycles. The summed E-state index contributed by atoms with van der Waals surface area (Å²) in [4.78, 5) is 20.2. The van der Waals surface area contributed by atoms with Crippen LogP contribution >= 0.6 is 0 Å². The molecule has 5 nitrogen and oxygen atoms in total. The summed E-state index contributed by atoms with van der Waals surface area (Å²) in [7, 11) is 0. The maximum absolute atomic E-state index is 11.6. The highest BCUT2D eigenvalue weighted by molar-refractivity contribution is 6.00. The number of pyridine rings is 2. The molecule has 5 heteroatoms. The third-order valence-electron chi connectivity index (χ3n) is 6.38. The fourth-order valence-electron chi connectivity index (χ4n) is 4.34. The van der Waals surface area contributed by atoms with Crippen molar-refractivity contribution >= 4 is 11.4 Å². The van der Waals surface area contributed by atoms with Crippen LogP contribution < -0.4 is 9.47 Å². The van der Waals surface area contributed by atoms with E-state index in [1.165, 1.54) is 16.7 Å². The molecule has 2 heterocycles. The second-order valence-electron chi connectivity index (χ2n) is 8.93. The summed E-state index contributed by atoms with van der Waals surface area (Å²) in [6.45, 7) is 5.10. The van der Waals surface area contributed by atoms with Crippen LogP contribution in [0.25, 0.3) is 5.57 Å². The number of carbonyl (C=O) groups excluding carboxylic acids is 1. The van der Waals surface area contributed by atoms with Crippen LogP contribution in [0.3, 0.4) is 0 Å². The molecule has 2 aromatic carbocycles. The van der Waals surface area contributed by atoms with Crippen molar-refractivity contribution in [2.24, 2.45) is 0 Å². The largest absolute Gasteiger partial charge is 0.473 e. The number of hydrogen-bond acceptors (Lipinski definition) is 5. The number of rotatable bonds is 6. The fourth-order valence-corrected chi connectivity index (χ4v) is 4.34. The quantitative estimate of drug-likeness (QED) is 0.322. The van der Waals surface area contributed by atoms with E-state index in [9.17, 15) is 4.79 Å². The predicted octanol–water partition coefficient (Wildman–Crippen LogP) is 6.41. The average Bonchev–Trinajstić information content (AvgIpc) is 3.49. The standard InChI is InChI=1S/C16H15NO.C15H13NO2/c1-12-7-8-14-10-17-16(9-15(12)14)18-11-13-5-3-2-4-6-13;17-14-7-6-12-9-16-15(8-13(12)14)18-10-11-4-2-1-3-5-11/h2-6,9-10H,1,7-8,11H2;1-5,8-9H,6-7,10H2. The molecule has 0 amide bonds. The molecule has 6 rings (SSSR count). The van der Waals surface area contributed by atoms with Gasteiger partial charge < -0.3 is 9.47 Å². The van der Waals surface area contributed by atoms with Gasteiger partial charge in [-0.05, 0) is 52.7 Å². The first-order valence-electron chi connectivity index (χ1n) is 12.2. The van der Waals surface area contributed by atoms with E-state index >= 15 is 0 Å². The molecule has 0 spiro atoms. The van der Waals surface area contributed by atoms with Gasteiger partial charge in [-0.3, -0.25) is 4.79 Å². The molecule has 180 valence electrons. The summed E-state index contributed by atoms with van der Waals surface area (Å²) in [5.41, 5.74) is 7.74. The first-order valence-corrected chi connectivity index (χ1v) is 12.2. The lowest BCUT2D eigenvalue weighted by Gasteiger charge is -2.07. The summed E-state index contributed by atoms with van der Waals surface area (Å²) in [6.07, 6.45) is 7.16. The van der Waals surface area contributed by atoms with Crippen LogP contribution in [0.4, 0.5) is 0 Å². The zero-order chi connectivity index (χ0) is 24.7. The zero-order valence-corrected chi connectivity index (χ0v) is 20.2. The second kappa shape index (κ2) is 11.0. The van der Waals surface area contributed by atoms with Crippen molar-refractivity contribution < 1.29 is 14.3 Å². The second-order valence-corrected chi connectivity index (χ2v) is 8.93. The molecule has 0 N–H and O–H groups in total. The van der Waals surface area contributed by atoms with E-state index in [1.54, 1.807) is 12.3 Å². The molecule has 0 unspecified atom stereocenters. The zero-order valence-electron chi connectivity index (χ0n) is 20.2. The van der Waals surface area contributed by atoms with Gasteiger partial charge in [0.1, 0.15) is 13.2 Å². The lowest BCUT2D eigenvalue weighted by molar-refractivity contribution is 0.0994. The van der Waals surface area contributed by atoms with Crippen LogP contribution in [0, 0.1) is 0 Å². The van der Waals surface area contributed by atoms with Gasteiger partial charge in [-0.25, -0.2) is 9.97 Å². The van der Waals surface area contributed by atoms with Gasteiger partial charge in [-0.1, -0.05) is 67.2 Å². The highest BCUT2D eigenvalue weighted by Gasteiger charge is 2.20. The highest BCUT2D eigenvalue weighted by Crippen LogP contribution is 2.32. The summed E-state index contributed by atoms with van der Waals surface area (Å²) in [6, 6.07) is 23.8. The molecule has 0 saturated heterocycles. The lowest BCUT2D eigenvalue weighted by atomic mass is 10.1. The molecular formula is C31H28N2O3. The highest BCUT2D eigenvalue weighted by atomic mass is 16.5. The van der Waals surface area contributed by atoms with Gasteiger partial charge in [-0.15, -0.1) is 0 Å². The third kappa shape index (κ3) is 5.69. The number of ketones is 1. The monoisotopic (exact) mass is 476 g/mol. The normalized spacial score (nSPS) is 13.4. The van der Waals surface area contributed by atoms with E-state index in [4.69, 9.17) is 9.47 Å². The maximum Gasteiger partial charge on any atom is 0.214 e. The van der Waals surface area contributed by atoms with Gasteiger partial charge >= 0.3 is 0 Å². The number of nitrogens with zero attached hydrogens (tertiary/aromatic N) is 2.